The number of nitrogens with zero attached hydrogens (tertiary/aromatic N) is 6. The molecule has 1 spiro atoms. The first-order valence-corrected chi connectivity index (χ1v) is 15.2. The smallest absolute Gasteiger partial charge is 0.325 e. The lowest BCUT2D eigenvalue weighted by Crippen LogP contribution is -2.48. The third kappa shape index (κ3) is 7.43. The molecular formula is C35H36F3N7O2. The topological polar surface area (TPSA) is 97.4 Å². The van der Waals surface area contributed by atoms with Gasteiger partial charge in [-0.15, -0.1) is 0 Å². The van der Waals surface area contributed by atoms with E-state index < -0.39 is 23.3 Å². The van der Waals surface area contributed by atoms with Crippen LogP contribution in [0.25, 0.3) is 11.4 Å². The van der Waals surface area contributed by atoms with Gasteiger partial charge in [-0.3, -0.25) is 14.6 Å². The van der Waals surface area contributed by atoms with Crippen LogP contribution in [0.5, 0.6) is 0 Å². The minimum atomic E-state index is -4.52. The molecule has 1 N–H and O–H groups in total. The molecule has 1 saturated carbocycles. The summed E-state index contributed by atoms with van der Waals surface area (Å²) in [6, 6.07) is 11.8. The Labute approximate surface area is 271 Å². The number of imidazole rings is 2. The average molecular weight is 644 g/mol. The van der Waals surface area contributed by atoms with Crippen LogP contribution in [0.2, 0.25) is 0 Å². The third-order valence-corrected chi connectivity index (χ3v) is 8.16. The fourth-order valence-electron chi connectivity index (χ4n) is 5.82. The van der Waals surface area contributed by atoms with Crippen molar-refractivity contribution >= 4 is 28.9 Å². The Bertz CT molecular complexity index is 1830. The number of amides is 2. The van der Waals surface area contributed by atoms with Crippen molar-refractivity contribution in [2.45, 2.75) is 58.3 Å². The molecule has 2 aliphatic rings. The molecule has 4 aromatic rings. The van der Waals surface area contributed by atoms with E-state index in [9.17, 15) is 22.8 Å². The van der Waals surface area contributed by atoms with Crippen LogP contribution in [0, 0.1) is 13.8 Å². The van der Waals surface area contributed by atoms with Crippen molar-refractivity contribution in [2.24, 2.45) is 4.99 Å². The van der Waals surface area contributed by atoms with Gasteiger partial charge in [-0.1, -0.05) is 30.9 Å². The van der Waals surface area contributed by atoms with Gasteiger partial charge in [0.2, 0.25) is 5.91 Å². The van der Waals surface area contributed by atoms with Gasteiger partial charge >= 0.3 is 6.18 Å². The quantitative estimate of drug-likeness (QED) is 0.220. The van der Waals surface area contributed by atoms with Crippen LogP contribution < -0.4 is 5.32 Å². The van der Waals surface area contributed by atoms with Crippen molar-refractivity contribution in [1.82, 2.24) is 24.0 Å². The van der Waals surface area contributed by atoms with Crippen LogP contribution in [0.1, 0.15) is 55.1 Å². The monoisotopic (exact) mass is 643 g/mol. The summed E-state index contributed by atoms with van der Waals surface area (Å²) in [6.45, 7) is 9.28. The fourth-order valence-corrected chi connectivity index (χ4v) is 5.82. The van der Waals surface area contributed by atoms with E-state index in [2.05, 4.69) is 21.9 Å². The molecule has 0 bridgehead atoms. The van der Waals surface area contributed by atoms with Crippen molar-refractivity contribution in [3.8, 4) is 5.69 Å². The van der Waals surface area contributed by atoms with Crippen molar-refractivity contribution in [3.63, 3.8) is 0 Å². The molecule has 2 aromatic heterocycles. The lowest BCUT2D eigenvalue weighted by molar-refractivity contribution is -0.137. The molecule has 0 unspecified atom stereocenters. The second-order valence-electron chi connectivity index (χ2n) is 11.6. The van der Waals surface area contributed by atoms with E-state index in [1.54, 1.807) is 18.7 Å². The highest BCUT2D eigenvalue weighted by molar-refractivity contribution is 6.47. The predicted octanol–water partition coefficient (Wildman–Crippen LogP) is 6.98. The van der Waals surface area contributed by atoms with Gasteiger partial charge in [-0.2, -0.15) is 13.2 Å². The number of nitrogens with one attached hydrogen (secondary N) is 1. The van der Waals surface area contributed by atoms with Crippen LogP contribution in [0.15, 0.2) is 97.3 Å². The van der Waals surface area contributed by atoms with Gasteiger partial charge in [0.05, 0.1) is 23.9 Å². The number of benzene rings is 2. The summed E-state index contributed by atoms with van der Waals surface area (Å²) in [7, 11) is 0. The van der Waals surface area contributed by atoms with Gasteiger partial charge in [-0.05, 0) is 82.9 Å². The van der Waals surface area contributed by atoms with Gasteiger partial charge in [0, 0.05) is 40.7 Å². The third-order valence-electron chi connectivity index (χ3n) is 8.16. The first-order chi connectivity index (χ1) is 22.4. The largest absolute Gasteiger partial charge is 0.416 e. The van der Waals surface area contributed by atoms with Crippen molar-refractivity contribution in [2.75, 3.05) is 11.9 Å². The van der Waals surface area contributed by atoms with Crippen LogP contribution in [0.4, 0.5) is 18.9 Å². The molecule has 0 saturated heterocycles. The Morgan fingerprint density at radius 2 is 1.81 bits per heavy atom. The molecule has 1 aliphatic carbocycles. The molecule has 2 aromatic carbocycles. The van der Waals surface area contributed by atoms with Gasteiger partial charge < -0.3 is 19.4 Å². The number of hydrogen-bond donors (Lipinski definition) is 1. The Morgan fingerprint density at radius 1 is 1.09 bits per heavy atom. The molecule has 3 heterocycles. The number of aliphatic imine (C=N–C) groups is 1. The van der Waals surface area contributed by atoms with Gasteiger partial charge in [0.25, 0.3) is 5.91 Å². The minimum absolute atomic E-state index is 0.0217. The van der Waals surface area contributed by atoms with Gasteiger partial charge in [-0.25, -0.2) is 9.97 Å². The highest BCUT2D eigenvalue weighted by Crippen LogP contribution is 2.41. The van der Waals surface area contributed by atoms with E-state index in [4.69, 9.17) is 4.99 Å². The number of halogens is 3. The normalized spacial score (nSPS) is 15.8. The predicted molar refractivity (Wildman–Crippen MR) is 175 cm³/mol. The van der Waals surface area contributed by atoms with Gasteiger partial charge in [0.15, 0.2) is 0 Å². The van der Waals surface area contributed by atoms with E-state index in [1.807, 2.05) is 72.6 Å². The highest BCUT2D eigenvalue weighted by atomic mass is 19.4. The van der Waals surface area contributed by atoms with E-state index in [-0.39, 0.29) is 23.9 Å². The first-order valence-electron chi connectivity index (χ1n) is 15.2. The number of carbonyl (C=O) groups is 2. The molecule has 9 nitrogen and oxygen atoms in total. The number of aryl methyl sites for hydroxylation is 2. The molecule has 2 amide bonds. The van der Waals surface area contributed by atoms with Crippen molar-refractivity contribution < 1.29 is 22.8 Å². The fraction of sp³-hybridized carbons (Fsp3) is 0.286. The molecule has 244 valence electrons. The number of alkyl halides is 3. The van der Waals surface area contributed by atoms with Crippen LogP contribution >= 0.6 is 0 Å². The molecule has 0 atom stereocenters. The Balaban J connectivity index is 0.000000335. The second kappa shape index (κ2) is 13.6. The van der Waals surface area contributed by atoms with Crippen molar-refractivity contribution in [3.05, 3.63) is 115 Å². The standard InChI is InChI=1S/C26H24F3N5O2.C9H12N2/c1-17-14-33(16-30-17)21-9-7-18(8-10-21)23-24(36)34(25(32-23)11-2-3-12-25)15-22(35)31-20-6-4-5-19(13-20)26(27,28)29;1-4-5-8(2)11-7-10-6-9(11)3/h4-10,13-14,16H,2-3,11-12,15H2,1H3,(H,31,35);4-7H,1H2,2-3H3/b;8-5+. The summed E-state index contributed by atoms with van der Waals surface area (Å²) in [4.78, 5) is 40.8. The first kappa shape index (κ1) is 33.1. The number of allylic oxidation sites excluding steroid dienone is 3. The summed E-state index contributed by atoms with van der Waals surface area (Å²) < 4.78 is 43.0. The maximum absolute atomic E-state index is 13.5. The molecule has 12 heteroatoms. The zero-order chi connectivity index (χ0) is 33.8. The zero-order valence-electron chi connectivity index (χ0n) is 26.5. The second-order valence-corrected chi connectivity index (χ2v) is 11.6. The Kier molecular flexibility index (Phi) is 9.59. The number of rotatable bonds is 7. The van der Waals surface area contributed by atoms with Crippen molar-refractivity contribution in [1.29, 1.82) is 0 Å². The van der Waals surface area contributed by atoms with Crippen LogP contribution in [0.3, 0.4) is 0 Å². The van der Waals surface area contributed by atoms with Crippen LogP contribution in [-0.2, 0) is 15.8 Å². The summed E-state index contributed by atoms with van der Waals surface area (Å²) in [6.07, 6.45) is 9.44. The van der Waals surface area contributed by atoms with Gasteiger partial charge in [0.1, 0.15) is 17.9 Å². The van der Waals surface area contributed by atoms with E-state index in [0.29, 0.717) is 18.4 Å². The minimum Gasteiger partial charge on any atom is -0.325 e. The number of aromatic nitrogens is 4. The molecule has 1 fully saturated rings. The SMILES string of the molecule is C=C/C=C(\C)n1cncc1C.Cc1cn(-c2ccc(C3=NC4(CCCC4)N(CC(=O)Nc4cccc(C(F)(F)F)c4)C3=O)cc2)cn1. The molecule has 0 radical (unpaired) electrons. The number of carbonyl (C=O) groups excluding carboxylic acids is 2. The molecule has 6 rings (SSSR count). The average Bonchev–Trinajstić information content (AvgIpc) is 3.84. The van der Waals surface area contributed by atoms with Crippen LogP contribution in [-0.4, -0.2) is 53.7 Å². The van der Waals surface area contributed by atoms with E-state index in [1.165, 1.54) is 17.0 Å². The summed E-state index contributed by atoms with van der Waals surface area (Å²) in [5.74, 6) is -0.932. The number of anilines is 1. The molecular weight excluding hydrogens is 607 g/mol. The van der Waals surface area contributed by atoms with E-state index >= 15 is 0 Å². The highest BCUT2D eigenvalue weighted by Gasteiger charge is 2.49. The maximum atomic E-state index is 13.5. The lowest BCUT2D eigenvalue weighted by atomic mass is 10.1. The molecule has 1 aliphatic heterocycles. The Morgan fingerprint density at radius 3 is 2.40 bits per heavy atom. The lowest BCUT2D eigenvalue weighted by Gasteiger charge is -2.32. The maximum Gasteiger partial charge on any atom is 0.416 e. The number of hydrogen-bond acceptors (Lipinski definition) is 5. The van der Waals surface area contributed by atoms with E-state index in [0.717, 1.165) is 47.7 Å². The Hall–Kier alpha value is -5.26. The summed E-state index contributed by atoms with van der Waals surface area (Å²) in [5, 5.41) is 2.50. The summed E-state index contributed by atoms with van der Waals surface area (Å²) in [5.41, 5.74) is 3.34. The molecule has 47 heavy (non-hydrogen) atoms. The summed E-state index contributed by atoms with van der Waals surface area (Å²) >= 11 is 0. The zero-order valence-corrected chi connectivity index (χ0v) is 26.5.